The number of rotatable bonds is 5. The summed E-state index contributed by atoms with van der Waals surface area (Å²) in [5, 5.41) is 14.4. The lowest BCUT2D eigenvalue weighted by Gasteiger charge is -2.10. The van der Waals surface area contributed by atoms with Crippen LogP contribution in [0.4, 0.5) is 4.39 Å². The summed E-state index contributed by atoms with van der Waals surface area (Å²) in [4.78, 5) is 12.7. The first-order valence-electron chi connectivity index (χ1n) is 6.03. The highest BCUT2D eigenvalue weighted by Crippen LogP contribution is 2.21. The molecule has 1 amide bonds. The van der Waals surface area contributed by atoms with Gasteiger partial charge in [0.05, 0.1) is 16.7 Å². The molecule has 0 unspecified atom stereocenters. The molecule has 0 radical (unpaired) electrons. The summed E-state index contributed by atoms with van der Waals surface area (Å²) in [5.74, 6) is -1.24. The SMILES string of the molecule is O=C(NCC[C@H](O)c1cccs1)c1c(F)cccc1Cl. The van der Waals surface area contributed by atoms with Gasteiger partial charge in [0.1, 0.15) is 5.82 Å². The third-order valence-electron chi connectivity index (χ3n) is 2.76. The highest BCUT2D eigenvalue weighted by Gasteiger charge is 2.16. The molecule has 1 heterocycles. The Balaban J connectivity index is 1.90. The molecule has 2 N–H and O–H groups in total. The maximum absolute atomic E-state index is 13.5. The maximum Gasteiger partial charge on any atom is 0.255 e. The lowest BCUT2D eigenvalue weighted by molar-refractivity contribution is 0.0939. The molecule has 1 aromatic carbocycles. The van der Waals surface area contributed by atoms with E-state index >= 15 is 0 Å². The number of thiophene rings is 1. The number of hydrogen-bond donors (Lipinski definition) is 2. The van der Waals surface area contributed by atoms with Crippen molar-refractivity contribution < 1.29 is 14.3 Å². The van der Waals surface area contributed by atoms with Crippen LogP contribution < -0.4 is 5.32 Å². The molecule has 0 saturated heterocycles. The second kappa shape index (κ2) is 6.83. The molecule has 0 fully saturated rings. The van der Waals surface area contributed by atoms with Crippen molar-refractivity contribution in [2.75, 3.05) is 6.54 Å². The molecule has 0 spiro atoms. The zero-order valence-corrected chi connectivity index (χ0v) is 12.0. The van der Waals surface area contributed by atoms with Crippen molar-refractivity contribution in [3.8, 4) is 0 Å². The summed E-state index contributed by atoms with van der Waals surface area (Å²) < 4.78 is 13.5. The van der Waals surface area contributed by atoms with Gasteiger partial charge in [0.2, 0.25) is 0 Å². The van der Waals surface area contributed by atoms with Crippen LogP contribution in [0, 0.1) is 5.82 Å². The summed E-state index contributed by atoms with van der Waals surface area (Å²) in [5.41, 5.74) is -0.167. The molecule has 0 saturated carbocycles. The first-order valence-corrected chi connectivity index (χ1v) is 7.29. The molecule has 0 aliphatic heterocycles. The van der Waals surface area contributed by atoms with E-state index in [1.165, 1.54) is 29.5 Å². The maximum atomic E-state index is 13.5. The Morgan fingerprint density at radius 2 is 2.20 bits per heavy atom. The van der Waals surface area contributed by atoms with Crippen LogP contribution in [0.5, 0.6) is 0 Å². The van der Waals surface area contributed by atoms with Crippen LogP contribution in [-0.4, -0.2) is 17.6 Å². The Hall–Kier alpha value is -1.43. The molecule has 1 aromatic heterocycles. The van der Waals surface area contributed by atoms with Crippen molar-refractivity contribution >= 4 is 28.8 Å². The first-order chi connectivity index (χ1) is 9.59. The fourth-order valence-electron chi connectivity index (χ4n) is 1.75. The van der Waals surface area contributed by atoms with Crippen LogP contribution in [0.1, 0.15) is 27.8 Å². The number of aliphatic hydroxyl groups excluding tert-OH is 1. The second-order valence-electron chi connectivity index (χ2n) is 4.17. The Labute approximate surface area is 125 Å². The monoisotopic (exact) mass is 313 g/mol. The number of carbonyl (C=O) groups is 1. The molecule has 0 aliphatic carbocycles. The molecule has 0 aliphatic rings. The van der Waals surface area contributed by atoms with E-state index in [0.717, 1.165) is 4.88 Å². The number of amides is 1. The normalized spacial score (nSPS) is 12.2. The topological polar surface area (TPSA) is 49.3 Å². The van der Waals surface area contributed by atoms with E-state index in [1.54, 1.807) is 0 Å². The predicted molar refractivity (Wildman–Crippen MR) is 77.6 cm³/mol. The first kappa shape index (κ1) is 15.0. The third-order valence-corrected chi connectivity index (χ3v) is 4.05. The highest BCUT2D eigenvalue weighted by molar-refractivity contribution is 7.10. The minimum absolute atomic E-state index is 0.0707. The van der Waals surface area contributed by atoms with Gasteiger partial charge in [0.15, 0.2) is 0 Å². The summed E-state index contributed by atoms with van der Waals surface area (Å²) >= 11 is 7.25. The van der Waals surface area contributed by atoms with Crippen LogP contribution in [0.15, 0.2) is 35.7 Å². The van der Waals surface area contributed by atoms with E-state index in [-0.39, 0.29) is 17.1 Å². The van der Waals surface area contributed by atoms with Gasteiger partial charge in [-0.25, -0.2) is 4.39 Å². The molecule has 1 atom stereocenters. The van der Waals surface area contributed by atoms with E-state index in [0.29, 0.717) is 6.42 Å². The number of carbonyl (C=O) groups excluding carboxylic acids is 1. The molecule has 2 aromatic rings. The van der Waals surface area contributed by atoms with Crippen LogP contribution in [0.2, 0.25) is 5.02 Å². The molecule has 106 valence electrons. The summed E-state index contributed by atoms with van der Waals surface area (Å²) in [6, 6.07) is 7.75. The van der Waals surface area contributed by atoms with Crippen molar-refractivity contribution in [3.05, 3.63) is 57.0 Å². The van der Waals surface area contributed by atoms with E-state index in [9.17, 15) is 14.3 Å². The number of hydrogen-bond acceptors (Lipinski definition) is 3. The average molecular weight is 314 g/mol. The molecule has 6 heteroatoms. The Kier molecular flexibility index (Phi) is 5.11. The van der Waals surface area contributed by atoms with Crippen LogP contribution in [0.25, 0.3) is 0 Å². The molecule has 0 bridgehead atoms. The predicted octanol–water partition coefficient (Wildman–Crippen LogP) is 3.39. The van der Waals surface area contributed by atoms with Gasteiger partial charge in [-0.1, -0.05) is 23.7 Å². The van der Waals surface area contributed by atoms with Gasteiger partial charge >= 0.3 is 0 Å². The van der Waals surface area contributed by atoms with Crippen LogP contribution in [-0.2, 0) is 0 Å². The van der Waals surface area contributed by atoms with Gasteiger partial charge in [0, 0.05) is 11.4 Å². The highest BCUT2D eigenvalue weighted by atomic mass is 35.5. The van der Waals surface area contributed by atoms with Gasteiger partial charge in [-0.3, -0.25) is 4.79 Å². The van der Waals surface area contributed by atoms with Crippen LogP contribution >= 0.6 is 22.9 Å². The molecule has 3 nitrogen and oxygen atoms in total. The average Bonchev–Trinajstić information content (AvgIpc) is 2.92. The zero-order chi connectivity index (χ0) is 14.5. The van der Waals surface area contributed by atoms with Gasteiger partial charge < -0.3 is 10.4 Å². The summed E-state index contributed by atoms with van der Waals surface area (Å²) in [6.45, 7) is 0.239. The van der Waals surface area contributed by atoms with Gasteiger partial charge in [0.25, 0.3) is 5.91 Å². The lowest BCUT2D eigenvalue weighted by atomic mass is 10.2. The van der Waals surface area contributed by atoms with Gasteiger partial charge in [-0.05, 0) is 30.0 Å². The van der Waals surface area contributed by atoms with E-state index < -0.39 is 17.8 Å². The summed E-state index contributed by atoms with van der Waals surface area (Å²) in [7, 11) is 0. The Morgan fingerprint density at radius 1 is 1.40 bits per heavy atom. The van der Waals surface area contributed by atoms with E-state index in [1.807, 2.05) is 17.5 Å². The minimum Gasteiger partial charge on any atom is -0.388 e. The smallest absolute Gasteiger partial charge is 0.255 e. The largest absolute Gasteiger partial charge is 0.388 e. The fourth-order valence-corrected chi connectivity index (χ4v) is 2.74. The van der Waals surface area contributed by atoms with Crippen molar-refractivity contribution in [1.82, 2.24) is 5.32 Å². The van der Waals surface area contributed by atoms with Crippen molar-refractivity contribution in [2.24, 2.45) is 0 Å². The van der Waals surface area contributed by atoms with Gasteiger partial charge in [-0.2, -0.15) is 0 Å². The number of aliphatic hydroxyl groups is 1. The van der Waals surface area contributed by atoms with Crippen molar-refractivity contribution in [3.63, 3.8) is 0 Å². The standard InChI is InChI=1S/C14H13ClFNO2S/c15-9-3-1-4-10(16)13(9)14(19)17-7-6-11(18)12-5-2-8-20-12/h1-5,8,11,18H,6-7H2,(H,17,19)/t11-/m0/s1. The van der Waals surface area contributed by atoms with E-state index in [2.05, 4.69) is 5.32 Å². The third kappa shape index (κ3) is 3.56. The number of halogens is 2. The molecular weight excluding hydrogens is 301 g/mol. The molecular formula is C14H13ClFNO2S. The van der Waals surface area contributed by atoms with Crippen molar-refractivity contribution in [2.45, 2.75) is 12.5 Å². The van der Waals surface area contributed by atoms with Gasteiger partial charge in [-0.15, -0.1) is 11.3 Å². The van der Waals surface area contributed by atoms with E-state index in [4.69, 9.17) is 11.6 Å². The van der Waals surface area contributed by atoms with Crippen molar-refractivity contribution in [1.29, 1.82) is 0 Å². The number of benzene rings is 1. The zero-order valence-electron chi connectivity index (χ0n) is 10.5. The molecule has 20 heavy (non-hydrogen) atoms. The quantitative estimate of drug-likeness (QED) is 0.889. The number of nitrogens with one attached hydrogen (secondary N) is 1. The second-order valence-corrected chi connectivity index (χ2v) is 5.56. The Bertz CT molecular complexity index is 569. The van der Waals surface area contributed by atoms with Crippen LogP contribution in [0.3, 0.4) is 0 Å². The fraction of sp³-hybridized carbons (Fsp3) is 0.214. The Morgan fingerprint density at radius 3 is 2.85 bits per heavy atom. The minimum atomic E-state index is -0.659. The summed E-state index contributed by atoms with van der Waals surface area (Å²) in [6.07, 6.45) is -0.274. The molecule has 2 rings (SSSR count). The lowest BCUT2D eigenvalue weighted by Crippen LogP contribution is -2.26.